The van der Waals surface area contributed by atoms with Crippen molar-refractivity contribution >= 4 is 15.7 Å². The van der Waals surface area contributed by atoms with Crippen molar-refractivity contribution in [1.82, 2.24) is 0 Å². The van der Waals surface area contributed by atoms with Gasteiger partial charge in [0.2, 0.25) is 0 Å². The van der Waals surface area contributed by atoms with E-state index in [4.69, 9.17) is 5.11 Å². The van der Waals surface area contributed by atoms with Crippen LogP contribution in [0.25, 0.3) is 0 Å². The SMILES string of the molecule is C[SiH2]OCC(=O)O. The van der Waals surface area contributed by atoms with Gasteiger partial charge in [-0.25, -0.2) is 4.79 Å². The maximum Gasteiger partial charge on any atom is 0.328 e. The molecule has 0 unspecified atom stereocenters. The van der Waals surface area contributed by atoms with Crippen LogP contribution in [0.15, 0.2) is 0 Å². The number of carboxylic acids is 1. The summed E-state index contributed by atoms with van der Waals surface area (Å²) in [7, 11) is -0.510. The summed E-state index contributed by atoms with van der Waals surface area (Å²) < 4.78 is 4.63. The molecule has 0 radical (unpaired) electrons. The zero-order chi connectivity index (χ0) is 5.70. The molecule has 0 fully saturated rings. The Morgan fingerprint density at radius 1 is 2.00 bits per heavy atom. The van der Waals surface area contributed by atoms with Crippen molar-refractivity contribution in [3.63, 3.8) is 0 Å². The predicted octanol–water partition coefficient (Wildman–Crippen LogP) is -0.781. The Balaban J connectivity index is 2.82. The summed E-state index contributed by atoms with van der Waals surface area (Å²) in [5.41, 5.74) is 0. The number of hydrogen-bond acceptors (Lipinski definition) is 2. The minimum Gasteiger partial charge on any atom is -0.480 e. The zero-order valence-corrected chi connectivity index (χ0v) is 5.59. The summed E-state index contributed by atoms with van der Waals surface area (Å²) in [6.45, 7) is 1.77. The topological polar surface area (TPSA) is 46.5 Å². The van der Waals surface area contributed by atoms with Crippen molar-refractivity contribution in [2.24, 2.45) is 0 Å². The van der Waals surface area contributed by atoms with Crippen molar-refractivity contribution in [2.75, 3.05) is 6.61 Å². The van der Waals surface area contributed by atoms with Crippen LogP contribution in [0.4, 0.5) is 0 Å². The molecule has 0 saturated heterocycles. The molecule has 0 aromatic rings. The lowest BCUT2D eigenvalue weighted by molar-refractivity contribution is -0.139. The molecule has 1 N–H and O–H groups in total. The van der Waals surface area contributed by atoms with Crippen molar-refractivity contribution in [3.05, 3.63) is 0 Å². The Morgan fingerprint density at radius 2 is 2.57 bits per heavy atom. The van der Waals surface area contributed by atoms with Gasteiger partial charge in [-0.05, 0) is 0 Å². The van der Waals surface area contributed by atoms with E-state index >= 15 is 0 Å². The molecule has 0 aliphatic rings. The molecule has 4 heteroatoms. The van der Waals surface area contributed by atoms with Crippen LogP contribution >= 0.6 is 0 Å². The summed E-state index contributed by atoms with van der Waals surface area (Å²) >= 11 is 0. The Kier molecular flexibility index (Phi) is 3.63. The molecule has 0 saturated carbocycles. The second-order valence-electron chi connectivity index (χ2n) is 1.03. The van der Waals surface area contributed by atoms with Crippen LogP contribution < -0.4 is 0 Å². The number of aliphatic carboxylic acids is 1. The smallest absolute Gasteiger partial charge is 0.328 e. The van der Waals surface area contributed by atoms with Gasteiger partial charge in [-0.2, -0.15) is 0 Å². The fraction of sp³-hybridized carbons (Fsp3) is 0.667. The highest BCUT2D eigenvalue weighted by atomic mass is 28.2. The molecule has 0 aromatic heterocycles. The van der Waals surface area contributed by atoms with E-state index in [2.05, 4.69) is 4.43 Å². The van der Waals surface area contributed by atoms with E-state index in [1.165, 1.54) is 0 Å². The quantitative estimate of drug-likeness (QED) is 0.497. The van der Waals surface area contributed by atoms with Gasteiger partial charge in [0, 0.05) is 0 Å². The first-order valence-corrected chi connectivity index (χ1v) is 4.06. The fourth-order valence-corrected chi connectivity index (χ4v) is 0.568. The van der Waals surface area contributed by atoms with Gasteiger partial charge in [-0.15, -0.1) is 0 Å². The molecule has 0 spiro atoms. The van der Waals surface area contributed by atoms with Crippen LogP contribution in [0.3, 0.4) is 0 Å². The predicted molar refractivity (Wildman–Crippen MR) is 28.0 cm³/mol. The van der Waals surface area contributed by atoms with E-state index in [-0.39, 0.29) is 6.61 Å². The summed E-state index contributed by atoms with van der Waals surface area (Å²) in [6.07, 6.45) is 0. The van der Waals surface area contributed by atoms with Crippen molar-refractivity contribution in [3.8, 4) is 0 Å². The Bertz CT molecular complexity index is 63.2. The van der Waals surface area contributed by atoms with Gasteiger partial charge >= 0.3 is 5.97 Å². The lowest BCUT2D eigenvalue weighted by atomic mass is 10.8. The summed E-state index contributed by atoms with van der Waals surface area (Å²) in [4.78, 5) is 9.66. The van der Waals surface area contributed by atoms with Crippen LogP contribution in [-0.2, 0) is 9.22 Å². The van der Waals surface area contributed by atoms with E-state index in [9.17, 15) is 4.79 Å². The van der Waals surface area contributed by atoms with Gasteiger partial charge < -0.3 is 9.53 Å². The fourth-order valence-electron chi connectivity index (χ4n) is 0.189. The van der Waals surface area contributed by atoms with E-state index in [1.807, 2.05) is 6.55 Å². The third-order valence-corrected chi connectivity index (χ3v) is 1.04. The first-order chi connectivity index (χ1) is 3.27. The second-order valence-corrected chi connectivity index (χ2v) is 2.02. The third kappa shape index (κ3) is 5.65. The van der Waals surface area contributed by atoms with Gasteiger partial charge in [0.05, 0.1) is 0 Å². The van der Waals surface area contributed by atoms with Crippen LogP contribution in [-0.4, -0.2) is 27.4 Å². The van der Waals surface area contributed by atoms with Crippen LogP contribution in [0.2, 0.25) is 6.55 Å². The molecule has 0 bridgehead atoms. The monoisotopic (exact) mass is 120 g/mol. The third-order valence-electron chi connectivity index (χ3n) is 0.430. The first-order valence-electron chi connectivity index (χ1n) is 2.07. The zero-order valence-electron chi connectivity index (χ0n) is 4.18. The molecule has 0 rings (SSSR count). The molecule has 0 atom stereocenters. The van der Waals surface area contributed by atoms with Crippen LogP contribution in [0.1, 0.15) is 0 Å². The molecule has 0 heterocycles. The highest BCUT2D eigenvalue weighted by molar-refractivity contribution is 6.25. The highest BCUT2D eigenvalue weighted by Crippen LogP contribution is 1.67. The van der Waals surface area contributed by atoms with E-state index in [0.29, 0.717) is 0 Å². The molecular weight excluding hydrogens is 112 g/mol. The Morgan fingerprint density at radius 3 is 2.71 bits per heavy atom. The highest BCUT2D eigenvalue weighted by Gasteiger charge is 1.90. The number of carbonyl (C=O) groups is 1. The molecule has 7 heavy (non-hydrogen) atoms. The Labute approximate surface area is 44.2 Å². The van der Waals surface area contributed by atoms with Gasteiger partial charge in [0.15, 0.2) is 9.76 Å². The van der Waals surface area contributed by atoms with Crippen LogP contribution in [0, 0.1) is 0 Å². The van der Waals surface area contributed by atoms with Crippen molar-refractivity contribution < 1.29 is 14.3 Å². The number of hydrogen-bond donors (Lipinski definition) is 1. The van der Waals surface area contributed by atoms with Gasteiger partial charge in [0.25, 0.3) is 0 Å². The largest absolute Gasteiger partial charge is 0.480 e. The Hall–Kier alpha value is -0.353. The number of rotatable bonds is 3. The lowest BCUT2D eigenvalue weighted by Gasteiger charge is -1.90. The van der Waals surface area contributed by atoms with Crippen LogP contribution in [0.5, 0.6) is 0 Å². The molecule has 0 amide bonds. The minimum absolute atomic E-state index is 0.122. The average Bonchev–Trinajstić information content (AvgIpc) is 1.61. The molecule has 0 aliphatic heterocycles. The number of carboxylic acid groups (broad SMARTS) is 1. The van der Waals surface area contributed by atoms with Gasteiger partial charge in [-0.1, -0.05) is 6.55 Å². The molecule has 0 aliphatic carbocycles. The average molecular weight is 120 g/mol. The standard InChI is InChI=1S/C3H8O3Si/c1-7-6-2-3(4)5/h2,7H2,1H3,(H,4,5). The van der Waals surface area contributed by atoms with Gasteiger partial charge in [-0.3, -0.25) is 0 Å². The normalized spacial score (nSPS) is 10.4. The molecule has 0 aromatic carbocycles. The summed E-state index contributed by atoms with van der Waals surface area (Å²) in [5.74, 6) is -0.880. The molecule has 42 valence electrons. The maximum absolute atomic E-state index is 9.66. The first kappa shape index (κ1) is 6.65. The summed E-state index contributed by atoms with van der Waals surface area (Å²) in [6, 6.07) is 0. The minimum atomic E-state index is -0.880. The lowest BCUT2D eigenvalue weighted by Crippen LogP contribution is -2.07. The van der Waals surface area contributed by atoms with E-state index < -0.39 is 15.7 Å². The molecular formula is C3H8O3Si. The van der Waals surface area contributed by atoms with E-state index in [1.54, 1.807) is 0 Å². The van der Waals surface area contributed by atoms with Crippen molar-refractivity contribution in [1.29, 1.82) is 0 Å². The summed E-state index contributed by atoms with van der Waals surface area (Å²) in [5, 5.41) is 7.94. The maximum atomic E-state index is 9.66. The second kappa shape index (κ2) is 3.82. The van der Waals surface area contributed by atoms with E-state index in [0.717, 1.165) is 0 Å². The molecule has 3 nitrogen and oxygen atoms in total. The van der Waals surface area contributed by atoms with Crippen molar-refractivity contribution in [2.45, 2.75) is 6.55 Å². The van der Waals surface area contributed by atoms with Gasteiger partial charge in [0.1, 0.15) is 6.61 Å².